The van der Waals surface area contributed by atoms with E-state index in [2.05, 4.69) is 20.9 Å². The highest BCUT2D eigenvalue weighted by Crippen LogP contribution is 2.11. The molecule has 35 heavy (non-hydrogen) atoms. The number of amides is 3. The second-order valence-electron chi connectivity index (χ2n) is 8.65. The molecule has 0 saturated heterocycles. The molecule has 0 radical (unpaired) electrons. The van der Waals surface area contributed by atoms with Crippen LogP contribution in [0.3, 0.4) is 0 Å². The van der Waals surface area contributed by atoms with Gasteiger partial charge in [0.25, 0.3) is 0 Å². The average Bonchev–Trinajstić information content (AvgIpc) is 2.75. The first-order valence-electron chi connectivity index (χ1n) is 11.4. The molecule has 11 N–H and O–H groups in total. The summed E-state index contributed by atoms with van der Waals surface area (Å²) in [4.78, 5) is 64.4. The van der Waals surface area contributed by atoms with Gasteiger partial charge in [-0.25, -0.2) is 4.79 Å². The van der Waals surface area contributed by atoms with Crippen LogP contribution in [0.5, 0.6) is 0 Å². The number of hydrogen-bond donors (Lipinski definition) is 8. The fourth-order valence-electron chi connectivity index (χ4n) is 3.04. The Labute approximate surface area is 204 Å². The van der Waals surface area contributed by atoms with Crippen molar-refractivity contribution in [1.82, 2.24) is 16.0 Å². The smallest absolute Gasteiger partial charge is 0.326 e. The molecule has 0 aromatic rings. The van der Waals surface area contributed by atoms with Crippen molar-refractivity contribution in [1.29, 1.82) is 0 Å². The summed E-state index contributed by atoms with van der Waals surface area (Å²) in [5, 5.41) is 25.7. The zero-order valence-corrected chi connectivity index (χ0v) is 20.6. The number of hydrogen-bond acceptors (Lipinski definition) is 7. The molecule has 200 valence electrons. The van der Waals surface area contributed by atoms with E-state index >= 15 is 0 Å². The van der Waals surface area contributed by atoms with Gasteiger partial charge in [0.05, 0.1) is 12.5 Å². The molecule has 0 aliphatic carbocycles. The van der Waals surface area contributed by atoms with Crippen molar-refractivity contribution in [3.63, 3.8) is 0 Å². The highest BCUT2D eigenvalue weighted by Gasteiger charge is 2.33. The number of guanidine groups is 1. The number of carbonyl (C=O) groups is 5. The minimum atomic E-state index is -1.36. The normalized spacial score (nSPS) is 15.1. The maximum atomic E-state index is 13.0. The molecule has 0 aliphatic heterocycles. The third-order valence-corrected chi connectivity index (χ3v) is 5.33. The molecule has 0 heterocycles. The standard InChI is InChI=1S/C21H39N7O7/c1-5-11(4)16(19(33)26-13(20(34)35)7-6-8-25-21(23)24)28-18(32)15(10(2)3)27-17(31)12(22)9-14(29)30/h10-13,15-16H,5-9,22H2,1-4H3,(H,26,33)(H,27,31)(H,28,32)(H,29,30)(H,34,35)(H4,23,24,25). The van der Waals surface area contributed by atoms with E-state index < -0.39 is 66.2 Å². The van der Waals surface area contributed by atoms with Gasteiger partial charge in [0.15, 0.2) is 5.96 Å². The molecule has 0 rings (SSSR count). The highest BCUT2D eigenvalue weighted by molar-refractivity contribution is 5.95. The molecule has 0 spiro atoms. The summed E-state index contributed by atoms with van der Waals surface area (Å²) in [5.74, 6) is -5.63. The predicted octanol–water partition coefficient (Wildman–Crippen LogP) is -1.92. The minimum Gasteiger partial charge on any atom is -0.481 e. The largest absolute Gasteiger partial charge is 0.481 e. The van der Waals surface area contributed by atoms with Crippen LogP contribution in [0.4, 0.5) is 0 Å². The van der Waals surface area contributed by atoms with Gasteiger partial charge in [-0.05, 0) is 24.7 Å². The lowest BCUT2D eigenvalue weighted by Gasteiger charge is -2.29. The van der Waals surface area contributed by atoms with Crippen molar-refractivity contribution < 1.29 is 34.2 Å². The summed E-state index contributed by atoms with van der Waals surface area (Å²) in [6.07, 6.45) is 0.234. The molecule has 0 saturated carbocycles. The number of nitrogens with one attached hydrogen (secondary N) is 3. The summed E-state index contributed by atoms with van der Waals surface area (Å²) < 4.78 is 0. The molecule has 5 atom stereocenters. The fraction of sp³-hybridized carbons (Fsp3) is 0.714. The summed E-state index contributed by atoms with van der Waals surface area (Å²) in [5.41, 5.74) is 16.0. The van der Waals surface area contributed by atoms with Gasteiger partial charge in [-0.3, -0.25) is 24.2 Å². The summed E-state index contributed by atoms with van der Waals surface area (Å²) in [6, 6.07) is -4.77. The van der Waals surface area contributed by atoms with Gasteiger partial charge in [0, 0.05) is 6.54 Å². The summed E-state index contributed by atoms with van der Waals surface area (Å²) >= 11 is 0. The van der Waals surface area contributed by atoms with E-state index in [1.807, 2.05) is 0 Å². The van der Waals surface area contributed by atoms with Crippen molar-refractivity contribution >= 4 is 35.6 Å². The maximum Gasteiger partial charge on any atom is 0.326 e. The molecule has 14 nitrogen and oxygen atoms in total. The maximum absolute atomic E-state index is 13.0. The highest BCUT2D eigenvalue weighted by atomic mass is 16.4. The third-order valence-electron chi connectivity index (χ3n) is 5.33. The molecular weight excluding hydrogens is 462 g/mol. The van der Waals surface area contributed by atoms with Gasteiger partial charge in [-0.15, -0.1) is 0 Å². The molecule has 0 aromatic carbocycles. The van der Waals surface area contributed by atoms with E-state index in [-0.39, 0.29) is 24.8 Å². The molecule has 3 amide bonds. The van der Waals surface area contributed by atoms with Crippen LogP contribution in [0, 0.1) is 11.8 Å². The van der Waals surface area contributed by atoms with Crippen LogP contribution in [-0.2, 0) is 24.0 Å². The van der Waals surface area contributed by atoms with Crippen molar-refractivity contribution in [3.8, 4) is 0 Å². The van der Waals surface area contributed by atoms with E-state index in [9.17, 15) is 29.1 Å². The number of carboxylic acids is 2. The topological polar surface area (TPSA) is 252 Å². The number of aliphatic imine (C=N–C) groups is 1. The average molecular weight is 502 g/mol. The second kappa shape index (κ2) is 15.5. The van der Waals surface area contributed by atoms with Gasteiger partial charge in [0.1, 0.15) is 18.1 Å². The van der Waals surface area contributed by atoms with Crippen LogP contribution in [0.25, 0.3) is 0 Å². The Kier molecular flexibility index (Phi) is 14.0. The molecular formula is C21H39N7O7. The molecule has 0 bridgehead atoms. The Morgan fingerprint density at radius 2 is 1.43 bits per heavy atom. The number of nitrogens with zero attached hydrogens (tertiary/aromatic N) is 1. The lowest BCUT2D eigenvalue weighted by molar-refractivity contribution is -0.143. The molecule has 14 heteroatoms. The summed E-state index contributed by atoms with van der Waals surface area (Å²) in [6.45, 7) is 7.01. The number of carbonyl (C=O) groups excluding carboxylic acids is 3. The van der Waals surface area contributed by atoms with Crippen LogP contribution in [-0.4, -0.2) is 76.5 Å². The van der Waals surface area contributed by atoms with Crippen molar-refractivity contribution in [2.75, 3.05) is 6.54 Å². The predicted molar refractivity (Wildman–Crippen MR) is 128 cm³/mol. The van der Waals surface area contributed by atoms with Crippen LogP contribution in [0.2, 0.25) is 0 Å². The van der Waals surface area contributed by atoms with Gasteiger partial charge in [0.2, 0.25) is 17.7 Å². The molecule has 5 unspecified atom stereocenters. The third kappa shape index (κ3) is 12.0. The lowest BCUT2D eigenvalue weighted by Crippen LogP contribution is -2.59. The van der Waals surface area contributed by atoms with Gasteiger partial charge < -0.3 is 43.4 Å². The van der Waals surface area contributed by atoms with Crippen LogP contribution < -0.4 is 33.2 Å². The van der Waals surface area contributed by atoms with Gasteiger partial charge in [-0.1, -0.05) is 34.1 Å². The van der Waals surface area contributed by atoms with Crippen LogP contribution in [0.15, 0.2) is 4.99 Å². The fourth-order valence-corrected chi connectivity index (χ4v) is 3.04. The number of aliphatic carboxylic acids is 2. The second-order valence-corrected chi connectivity index (χ2v) is 8.65. The first-order chi connectivity index (χ1) is 16.2. The Bertz CT molecular complexity index is 784. The first kappa shape index (κ1) is 31.6. The number of carboxylic acid groups (broad SMARTS) is 2. The van der Waals surface area contributed by atoms with E-state index in [1.165, 1.54) is 0 Å². The van der Waals surface area contributed by atoms with Crippen molar-refractivity contribution in [2.45, 2.75) is 77.5 Å². The Hall–Kier alpha value is -3.42. The molecule has 0 fully saturated rings. The van der Waals surface area contributed by atoms with Crippen molar-refractivity contribution in [2.24, 2.45) is 34.0 Å². The monoisotopic (exact) mass is 501 g/mol. The Morgan fingerprint density at radius 3 is 1.89 bits per heavy atom. The number of rotatable bonds is 16. The SMILES string of the molecule is CCC(C)C(NC(=O)C(NC(=O)C(N)CC(=O)O)C(C)C)C(=O)NC(CCCN=C(N)N)C(=O)O. The Balaban J connectivity index is 5.45. The van der Waals surface area contributed by atoms with Crippen LogP contribution in [0.1, 0.15) is 53.4 Å². The zero-order chi connectivity index (χ0) is 27.3. The summed E-state index contributed by atoms with van der Waals surface area (Å²) in [7, 11) is 0. The zero-order valence-electron chi connectivity index (χ0n) is 20.6. The quantitative estimate of drug-likeness (QED) is 0.0661. The van der Waals surface area contributed by atoms with Crippen molar-refractivity contribution in [3.05, 3.63) is 0 Å². The first-order valence-corrected chi connectivity index (χ1v) is 11.4. The van der Waals surface area contributed by atoms with Gasteiger partial charge >= 0.3 is 11.9 Å². The van der Waals surface area contributed by atoms with E-state index in [0.717, 1.165) is 0 Å². The van der Waals surface area contributed by atoms with E-state index in [1.54, 1.807) is 27.7 Å². The number of nitrogens with two attached hydrogens (primary N) is 3. The van der Waals surface area contributed by atoms with E-state index in [0.29, 0.717) is 12.8 Å². The van der Waals surface area contributed by atoms with Crippen LogP contribution >= 0.6 is 0 Å². The molecule has 0 aromatic heterocycles. The minimum absolute atomic E-state index is 0.0607. The van der Waals surface area contributed by atoms with E-state index in [4.69, 9.17) is 22.3 Å². The molecule has 0 aliphatic rings. The van der Waals surface area contributed by atoms with Gasteiger partial charge in [-0.2, -0.15) is 0 Å². The lowest BCUT2D eigenvalue weighted by atomic mass is 9.96. The Morgan fingerprint density at radius 1 is 0.886 bits per heavy atom.